The Balaban J connectivity index is 1.89. The highest BCUT2D eigenvalue weighted by Crippen LogP contribution is 2.44. The first-order chi connectivity index (χ1) is 14.5. The highest BCUT2D eigenvalue weighted by molar-refractivity contribution is 6.02. The molecule has 0 spiro atoms. The van der Waals surface area contributed by atoms with Gasteiger partial charge in [0, 0.05) is 17.5 Å². The van der Waals surface area contributed by atoms with Crippen molar-refractivity contribution in [3.8, 4) is 28.7 Å². The lowest BCUT2D eigenvalue weighted by atomic mass is 10.0. The third-order valence-electron chi connectivity index (χ3n) is 4.67. The molecule has 1 saturated carbocycles. The number of carbonyl (C=O) groups is 1. The zero-order valence-electron chi connectivity index (χ0n) is 15.1. The Morgan fingerprint density at radius 2 is 1.55 bits per heavy atom. The zero-order valence-corrected chi connectivity index (χ0v) is 15.1. The number of amides is 1. The second-order valence-corrected chi connectivity index (χ2v) is 6.85. The lowest BCUT2D eigenvalue weighted by molar-refractivity contribution is -0.192. The van der Waals surface area contributed by atoms with Gasteiger partial charge in [0.05, 0.1) is 17.8 Å². The monoisotopic (exact) mass is 447 g/mol. The number of nitrogens with zero attached hydrogens (tertiary/aromatic N) is 1. The Morgan fingerprint density at radius 3 is 2.13 bits per heavy atom. The summed E-state index contributed by atoms with van der Waals surface area (Å²) in [7, 11) is 0. The predicted octanol–water partition coefficient (Wildman–Crippen LogP) is 4.92. The molecule has 3 nitrogen and oxygen atoms in total. The lowest BCUT2D eigenvalue weighted by Gasteiger charge is -2.32. The van der Waals surface area contributed by atoms with Crippen LogP contribution in [0.1, 0.15) is 12.8 Å². The number of alkyl halides is 2. The molecule has 1 amide bonds. The second kappa shape index (κ2) is 7.14. The third kappa shape index (κ3) is 3.45. The van der Waals surface area contributed by atoms with E-state index in [0.717, 1.165) is 12.8 Å². The summed E-state index contributed by atoms with van der Waals surface area (Å²) in [5.74, 6) is -10.9. The molecule has 162 valence electrons. The average molecular weight is 447 g/mol. The Morgan fingerprint density at radius 1 is 0.968 bits per heavy atom. The maximum absolute atomic E-state index is 14.5. The molecule has 0 N–H and O–H groups in total. The van der Waals surface area contributed by atoms with Crippen molar-refractivity contribution in [2.45, 2.75) is 19.0 Å². The molecule has 1 aliphatic heterocycles. The van der Waals surface area contributed by atoms with Crippen molar-refractivity contribution in [3.63, 3.8) is 0 Å². The van der Waals surface area contributed by atoms with Gasteiger partial charge in [0.2, 0.25) is 5.82 Å². The molecule has 0 atom stereocenters. The SMILES string of the molecule is O=C1N(CC#CC2CC2)c2cc(-c3c(F)c(F)c(F)c(F)c3F)c(F)cc2OC1(F)F. The van der Waals surface area contributed by atoms with Crippen LogP contribution in [0.15, 0.2) is 12.1 Å². The molecule has 0 saturated heterocycles. The molecule has 1 fully saturated rings. The van der Waals surface area contributed by atoms with Gasteiger partial charge < -0.3 is 4.74 Å². The average Bonchev–Trinajstić information content (AvgIpc) is 3.53. The number of carbonyl (C=O) groups excluding carboxylic acids is 1. The summed E-state index contributed by atoms with van der Waals surface area (Å²) in [5.41, 5.74) is -3.33. The van der Waals surface area contributed by atoms with Crippen molar-refractivity contribution in [2.24, 2.45) is 5.92 Å². The molecule has 2 aliphatic rings. The maximum Gasteiger partial charge on any atom is 0.483 e. The number of halogens is 8. The molecule has 2 aromatic rings. The van der Waals surface area contributed by atoms with Crippen LogP contribution in [0.5, 0.6) is 5.75 Å². The van der Waals surface area contributed by atoms with Crippen LogP contribution in [-0.2, 0) is 4.79 Å². The predicted molar refractivity (Wildman–Crippen MR) is 90.1 cm³/mol. The number of hydrogen-bond acceptors (Lipinski definition) is 2. The van der Waals surface area contributed by atoms with Gasteiger partial charge in [0.1, 0.15) is 5.82 Å². The Hall–Kier alpha value is -3.29. The van der Waals surface area contributed by atoms with E-state index in [9.17, 15) is 39.9 Å². The number of fused-ring (bicyclic) bond motifs is 1. The van der Waals surface area contributed by atoms with Crippen LogP contribution in [-0.4, -0.2) is 18.6 Å². The first kappa shape index (κ1) is 21.0. The van der Waals surface area contributed by atoms with E-state index in [4.69, 9.17) is 0 Å². The molecular formula is C20H9F8NO2. The van der Waals surface area contributed by atoms with E-state index in [1.165, 1.54) is 0 Å². The normalized spacial score (nSPS) is 17.0. The fourth-order valence-electron chi connectivity index (χ4n) is 2.97. The molecule has 1 aliphatic carbocycles. The van der Waals surface area contributed by atoms with Crippen LogP contribution in [0.3, 0.4) is 0 Å². The van der Waals surface area contributed by atoms with Gasteiger partial charge in [-0.2, -0.15) is 8.78 Å². The highest BCUT2D eigenvalue weighted by atomic mass is 19.3. The molecule has 2 aromatic carbocycles. The summed E-state index contributed by atoms with van der Waals surface area (Å²) < 4.78 is 115. The summed E-state index contributed by atoms with van der Waals surface area (Å²) in [6, 6.07) is 0.763. The molecule has 0 aromatic heterocycles. The van der Waals surface area contributed by atoms with Crippen LogP contribution < -0.4 is 9.64 Å². The Kier molecular flexibility index (Phi) is 4.83. The van der Waals surface area contributed by atoms with Crippen molar-refractivity contribution in [2.75, 3.05) is 11.4 Å². The second-order valence-electron chi connectivity index (χ2n) is 6.85. The van der Waals surface area contributed by atoms with Gasteiger partial charge in [0.25, 0.3) is 0 Å². The van der Waals surface area contributed by atoms with Crippen molar-refractivity contribution < 1.29 is 44.7 Å². The van der Waals surface area contributed by atoms with Gasteiger partial charge in [-0.3, -0.25) is 9.69 Å². The molecule has 11 heteroatoms. The van der Waals surface area contributed by atoms with Crippen LogP contribution in [0.4, 0.5) is 40.8 Å². The van der Waals surface area contributed by atoms with E-state index < -0.39 is 76.0 Å². The van der Waals surface area contributed by atoms with Gasteiger partial charge in [0.15, 0.2) is 29.0 Å². The Labute approximate surface area is 169 Å². The summed E-state index contributed by atoms with van der Waals surface area (Å²) in [6.45, 7) is -0.594. The minimum atomic E-state index is -4.38. The number of hydrogen-bond donors (Lipinski definition) is 0. The summed E-state index contributed by atoms with van der Waals surface area (Å²) in [5, 5.41) is 0. The highest BCUT2D eigenvalue weighted by Gasteiger charge is 2.51. The smallest absolute Gasteiger partial charge is 0.423 e. The van der Waals surface area contributed by atoms with E-state index >= 15 is 0 Å². The minimum Gasteiger partial charge on any atom is -0.423 e. The minimum absolute atomic E-state index is 0.0493. The fraction of sp³-hybridized carbons (Fsp3) is 0.250. The quantitative estimate of drug-likeness (QED) is 0.283. The molecule has 1 heterocycles. The van der Waals surface area contributed by atoms with Crippen LogP contribution in [0.25, 0.3) is 11.1 Å². The topological polar surface area (TPSA) is 29.5 Å². The number of benzene rings is 2. The van der Waals surface area contributed by atoms with E-state index in [0.29, 0.717) is 11.0 Å². The molecule has 4 rings (SSSR count). The van der Waals surface area contributed by atoms with Crippen LogP contribution in [0.2, 0.25) is 0 Å². The van der Waals surface area contributed by atoms with Gasteiger partial charge in [-0.25, -0.2) is 26.3 Å². The first-order valence-corrected chi connectivity index (χ1v) is 8.75. The number of rotatable bonds is 2. The number of ether oxygens (including phenoxy) is 1. The summed E-state index contributed by atoms with van der Waals surface area (Å²) in [6.07, 6.45) is -2.79. The standard InChI is InChI=1S/C20H9F8NO2/c21-10-7-12-11(6-9(10)13-14(22)16(24)18(26)17(25)15(13)23)29(5-1-2-8-3-4-8)19(30)20(27,28)31-12/h6-8H,3-5H2. The van der Waals surface area contributed by atoms with E-state index in [-0.39, 0.29) is 12.0 Å². The van der Waals surface area contributed by atoms with Gasteiger partial charge in [-0.05, 0) is 18.9 Å². The third-order valence-corrected chi connectivity index (χ3v) is 4.67. The van der Waals surface area contributed by atoms with Gasteiger partial charge in [-0.1, -0.05) is 11.8 Å². The lowest BCUT2D eigenvalue weighted by Crippen LogP contribution is -2.51. The van der Waals surface area contributed by atoms with E-state index in [1.807, 2.05) is 0 Å². The van der Waals surface area contributed by atoms with Crippen molar-refractivity contribution in [1.29, 1.82) is 0 Å². The fourth-order valence-corrected chi connectivity index (χ4v) is 2.97. The maximum atomic E-state index is 14.5. The summed E-state index contributed by atoms with van der Waals surface area (Å²) in [4.78, 5) is 12.5. The molecule has 0 unspecified atom stereocenters. The van der Waals surface area contributed by atoms with Gasteiger partial charge >= 0.3 is 12.0 Å². The zero-order chi connectivity index (χ0) is 22.7. The Bertz CT molecular complexity index is 1150. The molecular weight excluding hydrogens is 438 g/mol. The van der Waals surface area contributed by atoms with Crippen molar-refractivity contribution in [1.82, 2.24) is 0 Å². The largest absolute Gasteiger partial charge is 0.483 e. The first-order valence-electron chi connectivity index (χ1n) is 8.75. The van der Waals surface area contributed by atoms with E-state index in [1.54, 1.807) is 0 Å². The van der Waals surface area contributed by atoms with E-state index in [2.05, 4.69) is 16.6 Å². The summed E-state index contributed by atoms with van der Waals surface area (Å²) >= 11 is 0. The molecule has 0 bridgehead atoms. The number of anilines is 1. The van der Waals surface area contributed by atoms with Crippen LogP contribution in [0, 0.1) is 52.7 Å². The molecule has 0 radical (unpaired) electrons. The molecule has 31 heavy (non-hydrogen) atoms. The van der Waals surface area contributed by atoms with Crippen molar-refractivity contribution in [3.05, 3.63) is 47.0 Å². The van der Waals surface area contributed by atoms with Crippen LogP contribution >= 0.6 is 0 Å². The van der Waals surface area contributed by atoms with Crippen molar-refractivity contribution >= 4 is 11.6 Å². The van der Waals surface area contributed by atoms with Gasteiger partial charge in [-0.15, -0.1) is 0 Å².